The van der Waals surface area contributed by atoms with Gasteiger partial charge in [-0.1, -0.05) is 27.2 Å². The zero-order chi connectivity index (χ0) is 26.3. The molecule has 4 rings (SSSR count). The van der Waals surface area contributed by atoms with Gasteiger partial charge in [0.05, 0.1) is 29.4 Å². The molecule has 2 aliphatic rings. The molecule has 0 atom stereocenters. The molecule has 36 heavy (non-hydrogen) atoms. The van der Waals surface area contributed by atoms with Crippen LogP contribution in [0.15, 0.2) is 24.3 Å². The van der Waals surface area contributed by atoms with Crippen LogP contribution in [0.1, 0.15) is 78.1 Å². The molecule has 1 saturated carbocycles. The molecule has 0 unspecified atom stereocenters. The summed E-state index contributed by atoms with van der Waals surface area (Å²) in [4.78, 5) is 25.1. The first-order valence-electron chi connectivity index (χ1n) is 13.2. The number of aromatic nitrogens is 2. The van der Waals surface area contributed by atoms with Crippen LogP contribution in [0.25, 0.3) is 0 Å². The normalized spacial score (nSPS) is 18.3. The molecule has 1 amide bonds. The van der Waals surface area contributed by atoms with Crippen molar-refractivity contribution in [1.82, 2.24) is 9.97 Å². The monoisotopic (exact) mass is 510 g/mol. The van der Waals surface area contributed by atoms with Gasteiger partial charge >= 0.3 is 0 Å². The number of amides is 1. The fraction of sp³-hybridized carbons (Fsp3) is 0.607. The first-order valence-corrected chi connectivity index (χ1v) is 16.1. The third-order valence-electron chi connectivity index (χ3n) is 8.07. The molecule has 2 heterocycles. The van der Waals surface area contributed by atoms with Crippen molar-refractivity contribution in [3.8, 4) is 5.75 Å². The van der Waals surface area contributed by atoms with Crippen LogP contribution in [0.3, 0.4) is 0 Å². The number of rotatable bonds is 7. The Morgan fingerprint density at radius 2 is 1.72 bits per heavy atom. The van der Waals surface area contributed by atoms with Gasteiger partial charge in [0.25, 0.3) is 0 Å². The number of carbonyl (C=O) groups is 1. The Morgan fingerprint density at radius 3 is 2.31 bits per heavy atom. The Labute approximate surface area is 217 Å². The minimum Gasteiger partial charge on any atom is -0.490 e. The lowest BCUT2D eigenvalue weighted by Gasteiger charge is -2.35. The molecule has 7 nitrogen and oxygen atoms in total. The highest BCUT2D eigenvalue weighted by Gasteiger charge is 2.48. The molecule has 8 heteroatoms. The topological polar surface area (TPSA) is 76.6 Å². The van der Waals surface area contributed by atoms with Crippen LogP contribution in [0.4, 0.5) is 17.3 Å². The van der Waals surface area contributed by atoms with Crippen molar-refractivity contribution >= 4 is 31.5 Å². The Hall–Kier alpha value is -2.45. The number of nitrogens with one attached hydrogen (secondary N) is 1. The SMILES string of the molecule is CNc1nc(CO[Si](C)(C)C(C)(C)C)nc2c1C(C)(C)C(=O)N2c1ccc(OC2CCCCC2)cc1. The quantitative estimate of drug-likeness (QED) is 0.417. The Morgan fingerprint density at radius 1 is 1.08 bits per heavy atom. The van der Waals surface area contributed by atoms with Gasteiger partial charge in [-0.15, -0.1) is 0 Å². The van der Waals surface area contributed by atoms with E-state index in [2.05, 4.69) is 39.2 Å². The van der Waals surface area contributed by atoms with Crippen molar-refractivity contribution in [1.29, 1.82) is 0 Å². The standard InChI is InChI=1S/C28H42N4O3Si/c1-27(2,3)36(7,8)34-18-22-30-24(29-6)23-25(31-22)32(26(33)28(23,4)5)19-14-16-21(17-15-19)35-20-12-10-9-11-13-20/h14-17,20H,9-13,18H2,1-8H3,(H,29,30,31). The summed E-state index contributed by atoms with van der Waals surface area (Å²) in [5, 5.41) is 3.29. The van der Waals surface area contributed by atoms with Gasteiger partial charge in [0, 0.05) is 7.05 Å². The lowest BCUT2D eigenvalue weighted by molar-refractivity contribution is -0.121. The van der Waals surface area contributed by atoms with E-state index in [1.165, 1.54) is 19.3 Å². The summed E-state index contributed by atoms with van der Waals surface area (Å²) >= 11 is 0. The second-order valence-electron chi connectivity index (χ2n) is 12.1. The van der Waals surface area contributed by atoms with Crippen molar-refractivity contribution in [3.05, 3.63) is 35.7 Å². The van der Waals surface area contributed by atoms with Gasteiger partial charge < -0.3 is 14.5 Å². The fourth-order valence-corrected chi connectivity index (χ4v) is 5.63. The smallest absolute Gasteiger partial charge is 0.243 e. The molecule has 2 aromatic rings. The van der Waals surface area contributed by atoms with Crippen LogP contribution in [-0.4, -0.2) is 37.3 Å². The van der Waals surface area contributed by atoms with E-state index in [9.17, 15) is 4.79 Å². The minimum atomic E-state index is -1.98. The predicted molar refractivity (Wildman–Crippen MR) is 148 cm³/mol. The molecule has 1 aromatic carbocycles. The number of anilines is 3. The van der Waals surface area contributed by atoms with Gasteiger partial charge in [0.1, 0.15) is 17.4 Å². The van der Waals surface area contributed by atoms with E-state index in [1.54, 1.807) is 4.90 Å². The highest BCUT2D eigenvalue weighted by Crippen LogP contribution is 2.47. The van der Waals surface area contributed by atoms with Gasteiger partial charge in [-0.05, 0) is 81.9 Å². The highest BCUT2D eigenvalue weighted by atomic mass is 28.4. The predicted octanol–water partition coefficient (Wildman–Crippen LogP) is 6.71. The molecular formula is C28H42N4O3Si. The zero-order valence-corrected chi connectivity index (χ0v) is 24.2. The lowest BCUT2D eigenvalue weighted by Crippen LogP contribution is -2.40. The number of hydrogen-bond donors (Lipinski definition) is 1. The maximum Gasteiger partial charge on any atom is 0.243 e. The molecule has 1 fully saturated rings. The Balaban J connectivity index is 1.65. The molecule has 0 spiro atoms. The largest absolute Gasteiger partial charge is 0.490 e. The van der Waals surface area contributed by atoms with Crippen LogP contribution in [0.2, 0.25) is 18.1 Å². The lowest BCUT2D eigenvalue weighted by atomic mass is 9.87. The van der Waals surface area contributed by atoms with Gasteiger partial charge in [0.2, 0.25) is 5.91 Å². The summed E-state index contributed by atoms with van der Waals surface area (Å²) in [6.45, 7) is 15.3. The average molecular weight is 511 g/mol. The van der Waals surface area contributed by atoms with Crippen LogP contribution < -0.4 is 15.0 Å². The third kappa shape index (κ3) is 5.02. The van der Waals surface area contributed by atoms with E-state index in [-0.39, 0.29) is 17.0 Å². The van der Waals surface area contributed by atoms with Gasteiger partial charge in [-0.3, -0.25) is 9.69 Å². The van der Waals surface area contributed by atoms with E-state index >= 15 is 0 Å². The van der Waals surface area contributed by atoms with Crippen molar-refractivity contribution in [2.75, 3.05) is 17.3 Å². The van der Waals surface area contributed by atoms with Crippen LogP contribution >= 0.6 is 0 Å². The third-order valence-corrected chi connectivity index (χ3v) is 12.5. The second kappa shape index (κ2) is 9.78. The highest BCUT2D eigenvalue weighted by molar-refractivity contribution is 6.74. The second-order valence-corrected chi connectivity index (χ2v) is 16.9. The van der Waals surface area contributed by atoms with E-state index in [0.29, 0.717) is 24.1 Å². The molecule has 1 aliphatic heterocycles. The molecule has 1 aliphatic carbocycles. The van der Waals surface area contributed by atoms with Crippen molar-refractivity contribution < 1.29 is 14.0 Å². The first-order chi connectivity index (χ1) is 16.8. The van der Waals surface area contributed by atoms with E-state index in [0.717, 1.165) is 29.8 Å². The van der Waals surface area contributed by atoms with Crippen molar-refractivity contribution in [2.24, 2.45) is 0 Å². The average Bonchev–Trinajstić information content (AvgIpc) is 3.03. The maximum absolute atomic E-state index is 13.7. The van der Waals surface area contributed by atoms with Gasteiger partial charge in [0.15, 0.2) is 14.1 Å². The van der Waals surface area contributed by atoms with Crippen LogP contribution in [-0.2, 0) is 21.2 Å². The zero-order valence-electron chi connectivity index (χ0n) is 23.2. The summed E-state index contributed by atoms with van der Waals surface area (Å²) in [6, 6.07) is 7.83. The number of benzene rings is 1. The number of carbonyl (C=O) groups excluding carboxylic acids is 1. The summed E-state index contributed by atoms with van der Waals surface area (Å²) in [6.07, 6.45) is 6.25. The molecular weight excluding hydrogens is 468 g/mol. The van der Waals surface area contributed by atoms with Gasteiger partial charge in [-0.25, -0.2) is 9.97 Å². The number of hydrogen-bond acceptors (Lipinski definition) is 6. The summed E-state index contributed by atoms with van der Waals surface area (Å²) in [5.74, 6) is 2.70. The fourth-order valence-electron chi connectivity index (χ4n) is 4.71. The minimum absolute atomic E-state index is 0.0216. The number of ether oxygens (including phenoxy) is 1. The molecule has 1 aromatic heterocycles. The first kappa shape index (κ1) is 26.6. The summed E-state index contributed by atoms with van der Waals surface area (Å²) in [5.41, 5.74) is 0.831. The molecule has 0 radical (unpaired) electrons. The summed E-state index contributed by atoms with van der Waals surface area (Å²) in [7, 11) is -0.149. The molecule has 1 N–H and O–H groups in total. The van der Waals surface area contributed by atoms with Crippen molar-refractivity contribution in [2.45, 2.75) is 103 Å². The Kier molecular flexibility index (Phi) is 7.23. The van der Waals surface area contributed by atoms with E-state index in [4.69, 9.17) is 19.1 Å². The number of nitrogens with zero attached hydrogens (tertiary/aromatic N) is 3. The molecule has 0 bridgehead atoms. The van der Waals surface area contributed by atoms with Gasteiger partial charge in [-0.2, -0.15) is 0 Å². The van der Waals surface area contributed by atoms with E-state index < -0.39 is 13.7 Å². The Bertz CT molecular complexity index is 1100. The summed E-state index contributed by atoms with van der Waals surface area (Å²) < 4.78 is 12.6. The van der Waals surface area contributed by atoms with E-state index in [1.807, 2.05) is 45.2 Å². The maximum atomic E-state index is 13.7. The molecule has 0 saturated heterocycles. The van der Waals surface area contributed by atoms with Crippen LogP contribution in [0.5, 0.6) is 5.75 Å². The van der Waals surface area contributed by atoms with Crippen LogP contribution in [0, 0.1) is 0 Å². The van der Waals surface area contributed by atoms with Crippen molar-refractivity contribution in [3.63, 3.8) is 0 Å². The molecule has 196 valence electrons. The number of fused-ring (bicyclic) bond motifs is 1.